The van der Waals surface area contributed by atoms with Gasteiger partial charge in [-0.2, -0.15) is 0 Å². The molecular formula is C14H29N. The van der Waals surface area contributed by atoms with Crippen molar-refractivity contribution in [3.05, 3.63) is 0 Å². The van der Waals surface area contributed by atoms with Crippen LogP contribution in [0, 0.1) is 11.8 Å². The smallest absolute Gasteiger partial charge is 0.0120 e. The molecule has 90 valence electrons. The molecule has 1 saturated carbocycles. The predicted octanol–water partition coefficient (Wildman–Crippen LogP) is 3.98. The van der Waals surface area contributed by atoms with Crippen molar-refractivity contribution in [3.8, 4) is 0 Å². The molecular weight excluding hydrogens is 182 g/mol. The molecule has 0 radical (unpaired) electrons. The van der Waals surface area contributed by atoms with E-state index in [0.29, 0.717) is 0 Å². The zero-order valence-corrected chi connectivity index (χ0v) is 10.9. The Kier molecular flexibility index (Phi) is 6.31. The summed E-state index contributed by atoms with van der Waals surface area (Å²) in [4.78, 5) is 0. The van der Waals surface area contributed by atoms with Crippen LogP contribution < -0.4 is 5.32 Å². The van der Waals surface area contributed by atoms with Crippen LogP contribution in [0.4, 0.5) is 0 Å². The van der Waals surface area contributed by atoms with Crippen LogP contribution in [-0.4, -0.2) is 13.1 Å². The lowest BCUT2D eigenvalue weighted by Gasteiger charge is -2.31. The highest BCUT2D eigenvalue weighted by Gasteiger charge is 2.28. The van der Waals surface area contributed by atoms with Crippen molar-refractivity contribution in [1.82, 2.24) is 5.32 Å². The van der Waals surface area contributed by atoms with Crippen molar-refractivity contribution in [2.45, 2.75) is 71.3 Å². The van der Waals surface area contributed by atoms with Gasteiger partial charge in [-0.15, -0.1) is 0 Å². The zero-order valence-electron chi connectivity index (χ0n) is 10.9. The summed E-state index contributed by atoms with van der Waals surface area (Å²) in [6, 6.07) is 0.795. The Labute approximate surface area is 96.0 Å². The molecule has 1 heteroatoms. The Bertz CT molecular complexity index is 149. The van der Waals surface area contributed by atoms with E-state index in [0.717, 1.165) is 17.9 Å². The first kappa shape index (κ1) is 13.0. The molecule has 0 aromatic carbocycles. The lowest BCUT2D eigenvalue weighted by atomic mass is 9.82. The van der Waals surface area contributed by atoms with Crippen LogP contribution in [0.3, 0.4) is 0 Å². The normalized spacial score (nSPS) is 21.8. The van der Waals surface area contributed by atoms with E-state index in [1.54, 1.807) is 0 Å². The molecule has 0 bridgehead atoms. The lowest BCUT2D eigenvalue weighted by molar-refractivity contribution is 0.248. The first-order chi connectivity index (χ1) is 7.33. The van der Waals surface area contributed by atoms with E-state index in [-0.39, 0.29) is 0 Å². The van der Waals surface area contributed by atoms with Gasteiger partial charge < -0.3 is 5.32 Å². The fourth-order valence-corrected chi connectivity index (χ4v) is 3.28. The van der Waals surface area contributed by atoms with Crippen LogP contribution in [0.2, 0.25) is 0 Å². The van der Waals surface area contributed by atoms with Crippen LogP contribution in [0.5, 0.6) is 0 Å². The molecule has 0 spiro atoms. The number of hydrogen-bond donors (Lipinski definition) is 1. The van der Waals surface area contributed by atoms with Gasteiger partial charge in [-0.1, -0.05) is 46.0 Å². The lowest BCUT2D eigenvalue weighted by Crippen LogP contribution is -2.39. The van der Waals surface area contributed by atoms with E-state index in [1.165, 1.54) is 51.4 Å². The van der Waals surface area contributed by atoms with Gasteiger partial charge in [-0.25, -0.2) is 0 Å². The second kappa shape index (κ2) is 7.27. The van der Waals surface area contributed by atoms with Crippen molar-refractivity contribution in [3.63, 3.8) is 0 Å². The molecule has 1 aliphatic rings. The fourth-order valence-electron chi connectivity index (χ4n) is 3.28. The quantitative estimate of drug-likeness (QED) is 0.671. The summed E-state index contributed by atoms with van der Waals surface area (Å²) in [7, 11) is 2.16. The molecule has 0 heterocycles. The largest absolute Gasteiger partial charge is 0.316 e. The van der Waals surface area contributed by atoms with Gasteiger partial charge in [0.25, 0.3) is 0 Å². The minimum absolute atomic E-state index is 0.795. The minimum atomic E-state index is 0.795. The van der Waals surface area contributed by atoms with Gasteiger partial charge in [0.05, 0.1) is 0 Å². The Morgan fingerprint density at radius 3 is 2.33 bits per heavy atom. The molecule has 0 saturated heterocycles. The molecule has 1 N–H and O–H groups in total. The van der Waals surface area contributed by atoms with Crippen LogP contribution in [0.1, 0.15) is 65.2 Å². The second-order valence-corrected chi connectivity index (χ2v) is 5.17. The van der Waals surface area contributed by atoms with Crippen molar-refractivity contribution < 1.29 is 0 Å². The zero-order chi connectivity index (χ0) is 11.1. The number of nitrogens with one attached hydrogen (secondary N) is 1. The molecule has 0 aliphatic heterocycles. The van der Waals surface area contributed by atoms with E-state index in [1.807, 2.05) is 0 Å². The first-order valence-electron chi connectivity index (χ1n) is 7.00. The third kappa shape index (κ3) is 3.79. The maximum absolute atomic E-state index is 3.60. The standard InChI is InChI=1S/C14H29N/c1-4-6-9-12(5-2)14(15-3)13-10-7-8-11-13/h12-15H,4-11H2,1-3H3. The monoisotopic (exact) mass is 211 g/mol. The van der Waals surface area contributed by atoms with E-state index in [9.17, 15) is 0 Å². The molecule has 1 aliphatic carbocycles. The SMILES string of the molecule is CCCCC(CC)C(NC)C1CCCC1. The van der Waals surface area contributed by atoms with Crippen LogP contribution in [0.15, 0.2) is 0 Å². The van der Waals surface area contributed by atoms with Crippen LogP contribution >= 0.6 is 0 Å². The van der Waals surface area contributed by atoms with Gasteiger partial charge in [0.1, 0.15) is 0 Å². The summed E-state index contributed by atoms with van der Waals surface area (Å²) < 4.78 is 0. The third-order valence-electron chi connectivity index (χ3n) is 4.20. The highest BCUT2D eigenvalue weighted by Crippen LogP contribution is 2.33. The average molecular weight is 211 g/mol. The number of unbranched alkanes of at least 4 members (excludes halogenated alkanes) is 1. The van der Waals surface area contributed by atoms with Crippen molar-refractivity contribution in [2.24, 2.45) is 11.8 Å². The Morgan fingerprint density at radius 2 is 1.87 bits per heavy atom. The molecule has 0 amide bonds. The van der Waals surface area contributed by atoms with Gasteiger partial charge in [0.2, 0.25) is 0 Å². The van der Waals surface area contributed by atoms with Gasteiger partial charge in [-0.05, 0) is 38.1 Å². The summed E-state index contributed by atoms with van der Waals surface area (Å²) in [5.74, 6) is 1.88. The van der Waals surface area contributed by atoms with E-state index < -0.39 is 0 Å². The summed E-state index contributed by atoms with van der Waals surface area (Å²) >= 11 is 0. The highest BCUT2D eigenvalue weighted by molar-refractivity contribution is 4.84. The topological polar surface area (TPSA) is 12.0 Å². The van der Waals surface area contributed by atoms with Crippen molar-refractivity contribution >= 4 is 0 Å². The first-order valence-corrected chi connectivity index (χ1v) is 7.00. The van der Waals surface area contributed by atoms with Crippen LogP contribution in [0.25, 0.3) is 0 Å². The molecule has 15 heavy (non-hydrogen) atoms. The van der Waals surface area contributed by atoms with E-state index >= 15 is 0 Å². The second-order valence-electron chi connectivity index (χ2n) is 5.17. The molecule has 2 atom stereocenters. The Balaban J connectivity index is 2.44. The third-order valence-corrected chi connectivity index (χ3v) is 4.20. The van der Waals surface area contributed by atoms with Gasteiger partial charge in [0.15, 0.2) is 0 Å². The summed E-state index contributed by atoms with van der Waals surface area (Å²) in [5.41, 5.74) is 0. The molecule has 1 fully saturated rings. The Morgan fingerprint density at radius 1 is 1.20 bits per heavy atom. The number of rotatable bonds is 7. The number of hydrogen-bond acceptors (Lipinski definition) is 1. The predicted molar refractivity (Wildman–Crippen MR) is 68.1 cm³/mol. The van der Waals surface area contributed by atoms with Gasteiger partial charge >= 0.3 is 0 Å². The maximum Gasteiger partial charge on any atom is 0.0120 e. The highest BCUT2D eigenvalue weighted by atomic mass is 14.9. The molecule has 0 aromatic rings. The van der Waals surface area contributed by atoms with Crippen LogP contribution in [-0.2, 0) is 0 Å². The summed E-state index contributed by atoms with van der Waals surface area (Å²) in [6.07, 6.45) is 11.4. The average Bonchev–Trinajstić information content (AvgIpc) is 2.77. The van der Waals surface area contributed by atoms with Gasteiger partial charge in [0, 0.05) is 6.04 Å². The molecule has 1 rings (SSSR count). The van der Waals surface area contributed by atoms with Crippen molar-refractivity contribution in [1.29, 1.82) is 0 Å². The molecule has 0 aromatic heterocycles. The molecule has 2 unspecified atom stereocenters. The van der Waals surface area contributed by atoms with E-state index in [4.69, 9.17) is 0 Å². The summed E-state index contributed by atoms with van der Waals surface area (Å²) in [5, 5.41) is 3.60. The fraction of sp³-hybridized carbons (Fsp3) is 1.00. The van der Waals surface area contributed by atoms with Gasteiger partial charge in [-0.3, -0.25) is 0 Å². The maximum atomic E-state index is 3.60. The summed E-state index contributed by atoms with van der Waals surface area (Å²) in [6.45, 7) is 4.66. The van der Waals surface area contributed by atoms with E-state index in [2.05, 4.69) is 26.2 Å². The molecule has 1 nitrogen and oxygen atoms in total. The minimum Gasteiger partial charge on any atom is -0.316 e. The Hall–Kier alpha value is -0.0400. The van der Waals surface area contributed by atoms with Crippen molar-refractivity contribution in [2.75, 3.05) is 7.05 Å².